The Balaban J connectivity index is 1.74. The Hall–Kier alpha value is -3.34. The lowest BCUT2D eigenvalue weighted by molar-refractivity contribution is 0.411. The van der Waals surface area contributed by atoms with Crippen LogP contribution in [0.15, 0.2) is 47.3 Å². The van der Waals surface area contributed by atoms with Crippen LogP contribution in [0.4, 0.5) is 0 Å². The molecule has 3 heterocycles. The van der Waals surface area contributed by atoms with Crippen molar-refractivity contribution in [1.29, 1.82) is 0 Å². The van der Waals surface area contributed by atoms with Crippen molar-refractivity contribution in [3.05, 3.63) is 59.8 Å². The van der Waals surface area contributed by atoms with Gasteiger partial charge in [-0.25, -0.2) is 19.9 Å². The smallest absolute Gasteiger partial charge is 0.180 e. The predicted octanol–water partition coefficient (Wildman–Crippen LogP) is 7.18. The normalized spacial score (nSPS) is 12.8. The molecule has 0 saturated heterocycles. The fourth-order valence-corrected chi connectivity index (χ4v) is 4.49. The number of hydrogen-bond acceptors (Lipinski definition) is 5. The Bertz CT molecular complexity index is 1520. The van der Waals surface area contributed by atoms with Crippen LogP contribution in [0.3, 0.4) is 0 Å². The Morgan fingerprint density at radius 1 is 0.879 bits per heavy atom. The largest absolute Gasteiger partial charge is 0.452 e. The number of hydrogen-bond donors (Lipinski definition) is 0. The van der Waals surface area contributed by atoms with Crippen LogP contribution in [-0.4, -0.2) is 19.9 Å². The van der Waals surface area contributed by atoms with E-state index in [1.165, 1.54) is 5.56 Å². The summed E-state index contributed by atoms with van der Waals surface area (Å²) in [5, 5.41) is 2.01. The second-order valence-electron chi connectivity index (χ2n) is 11.2. The van der Waals surface area contributed by atoms with Crippen molar-refractivity contribution in [3.63, 3.8) is 0 Å². The Kier molecular flexibility index (Phi) is 4.78. The number of aromatic nitrogens is 4. The van der Waals surface area contributed by atoms with Crippen LogP contribution in [-0.2, 0) is 11.8 Å². The highest BCUT2D eigenvalue weighted by Gasteiger charge is 2.22. The van der Waals surface area contributed by atoms with Gasteiger partial charge in [-0.3, -0.25) is 0 Å². The van der Waals surface area contributed by atoms with Gasteiger partial charge in [0, 0.05) is 22.5 Å². The first-order valence-corrected chi connectivity index (χ1v) is 11.4. The van der Waals surface area contributed by atoms with E-state index in [9.17, 15) is 0 Å². The Morgan fingerprint density at radius 2 is 1.67 bits per heavy atom. The summed E-state index contributed by atoms with van der Waals surface area (Å²) in [4.78, 5) is 18.4. The molecule has 3 aromatic heterocycles. The molecular formula is C28H30N4O. The molecule has 0 bridgehead atoms. The molecule has 5 aromatic rings. The van der Waals surface area contributed by atoms with E-state index in [4.69, 9.17) is 9.40 Å². The second-order valence-corrected chi connectivity index (χ2v) is 11.2. The van der Waals surface area contributed by atoms with Crippen molar-refractivity contribution < 1.29 is 4.42 Å². The molecule has 0 aliphatic carbocycles. The summed E-state index contributed by atoms with van der Waals surface area (Å²) in [6.07, 6.45) is 4.51. The minimum atomic E-state index is -0.0864. The molecule has 0 radical (unpaired) electrons. The van der Waals surface area contributed by atoms with E-state index in [-0.39, 0.29) is 10.8 Å². The Labute approximate surface area is 194 Å². The number of aryl methyl sites for hydroxylation is 1. The van der Waals surface area contributed by atoms with E-state index in [1.807, 2.05) is 13.1 Å². The summed E-state index contributed by atoms with van der Waals surface area (Å²) in [5.74, 6) is 0.772. The molecular weight excluding hydrogens is 408 g/mol. The minimum absolute atomic E-state index is 0.0864. The van der Waals surface area contributed by atoms with Crippen LogP contribution in [0.1, 0.15) is 58.5 Å². The van der Waals surface area contributed by atoms with E-state index in [2.05, 4.69) is 86.8 Å². The maximum absolute atomic E-state index is 6.39. The van der Waals surface area contributed by atoms with Crippen molar-refractivity contribution in [2.24, 2.45) is 5.41 Å². The first-order chi connectivity index (χ1) is 15.5. The molecule has 0 unspecified atom stereocenters. The summed E-state index contributed by atoms with van der Waals surface area (Å²) in [6.45, 7) is 15.3. The third-order valence-corrected chi connectivity index (χ3v) is 5.94. The highest BCUT2D eigenvalue weighted by molar-refractivity contribution is 6.07. The van der Waals surface area contributed by atoms with Crippen molar-refractivity contribution in [3.8, 4) is 11.3 Å². The molecule has 0 N–H and O–H groups in total. The fourth-order valence-electron chi connectivity index (χ4n) is 4.49. The molecule has 33 heavy (non-hydrogen) atoms. The standard InChI is InChI=1S/C28H30N4O/c1-16-29-14-19-11-18(12-21(23(19)32-16)28(5,6)7)24-26-25(31-15-30-24)20-9-8-17(10-22(20)33-26)13-27(2,3)4/h8-12,14-15H,13H2,1-7H3. The summed E-state index contributed by atoms with van der Waals surface area (Å²) < 4.78 is 6.39. The van der Waals surface area contributed by atoms with Gasteiger partial charge < -0.3 is 4.42 Å². The third-order valence-electron chi connectivity index (χ3n) is 5.94. The van der Waals surface area contributed by atoms with Crippen molar-refractivity contribution in [1.82, 2.24) is 19.9 Å². The van der Waals surface area contributed by atoms with Crippen LogP contribution >= 0.6 is 0 Å². The lowest BCUT2D eigenvalue weighted by atomic mass is 9.84. The first-order valence-electron chi connectivity index (χ1n) is 11.4. The minimum Gasteiger partial charge on any atom is -0.452 e. The highest BCUT2D eigenvalue weighted by Crippen LogP contribution is 2.38. The molecule has 5 nitrogen and oxygen atoms in total. The average Bonchev–Trinajstić information content (AvgIpc) is 3.08. The van der Waals surface area contributed by atoms with Gasteiger partial charge in [0.25, 0.3) is 0 Å². The molecule has 5 heteroatoms. The molecule has 2 aromatic carbocycles. The van der Waals surface area contributed by atoms with Gasteiger partial charge in [-0.2, -0.15) is 0 Å². The Morgan fingerprint density at radius 3 is 2.39 bits per heavy atom. The van der Waals surface area contributed by atoms with Gasteiger partial charge in [-0.05, 0) is 59.6 Å². The van der Waals surface area contributed by atoms with Gasteiger partial charge in [0.2, 0.25) is 0 Å². The molecule has 168 valence electrons. The van der Waals surface area contributed by atoms with Crippen molar-refractivity contribution >= 4 is 33.0 Å². The zero-order valence-corrected chi connectivity index (χ0v) is 20.4. The number of fused-ring (bicyclic) bond motifs is 4. The van der Waals surface area contributed by atoms with Crippen LogP contribution in [0.2, 0.25) is 0 Å². The number of benzene rings is 2. The number of furan rings is 1. The quantitative estimate of drug-likeness (QED) is 0.292. The number of rotatable bonds is 2. The maximum atomic E-state index is 6.39. The topological polar surface area (TPSA) is 64.7 Å². The molecule has 0 fully saturated rings. The molecule has 0 atom stereocenters. The van der Waals surface area contributed by atoms with Crippen LogP contribution < -0.4 is 0 Å². The van der Waals surface area contributed by atoms with E-state index >= 15 is 0 Å². The van der Waals surface area contributed by atoms with Gasteiger partial charge in [-0.15, -0.1) is 0 Å². The van der Waals surface area contributed by atoms with Gasteiger partial charge in [-0.1, -0.05) is 47.6 Å². The highest BCUT2D eigenvalue weighted by atomic mass is 16.3. The van der Waals surface area contributed by atoms with Gasteiger partial charge >= 0.3 is 0 Å². The zero-order chi connectivity index (χ0) is 23.5. The summed E-state index contributed by atoms with van der Waals surface area (Å²) in [6, 6.07) is 10.7. The average molecular weight is 439 g/mol. The van der Waals surface area contributed by atoms with E-state index < -0.39 is 0 Å². The molecule has 5 rings (SSSR count). The van der Waals surface area contributed by atoms with Crippen molar-refractivity contribution in [2.45, 2.75) is 60.3 Å². The third kappa shape index (κ3) is 3.97. The second kappa shape index (κ2) is 7.34. The van der Waals surface area contributed by atoms with E-state index in [0.717, 1.165) is 56.5 Å². The van der Waals surface area contributed by atoms with Crippen LogP contribution in [0.25, 0.3) is 44.2 Å². The molecule has 0 spiro atoms. The predicted molar refractivity (Wildman–Crippen MR) is 134 cm³/mol. The van der Waals surface area contributed by atoms with Gasteiger partial charge in [0.05, 0.1) is 5.52 Å². The molecule has 0 amide bonds. The van der Waals surface area contributed by atoms with Crippen molar-refractivity contribution in [2.75, 3.05) is 0 Å². The van der Waals surface area contributed by atoms with Crippen LogP contribution in [0.5, 0.6) is 0 Å². The van der Waals surface area contributed by atoms with Crippen LogP contribution in [0, 0.1) is 12.3 Å². The monoisotopic (exact) mass is 438 g/mol. The lowest BCUT2D eigenvalue weighted by Gasteiger charge is -2.22. The lowest BCUT2D eigenvalue weighted by Crippen LogP contribution is -2.13. The van der Waals surface area contributed by atoms with E-state index in [0.29, 0.717) is 5.58 Å². The molecule has 0 aliphatic heterocycles. The van der Waals surface area contributed by atoms with Gasteiger partial charge in [0.1, 0.15) is 28.9 Å². The summed E-state index contributed by atoms with van der Waals surface area (Å²) in [5.41, 5.74) is 7.72. The summed E-state index contributed by atoms with van der Waals surface area (Å²) >= 11 is 0. The first kappa shape index (κ1) is 21.5. The maximum Gasteiger partial charge on any atom is 0.180 e. The SMILES string of the molecule is Cc1ncc2cc(-c3ncnc4c3oc3cc(CC(C)(C)C)ccc34)cc(C(C)(C)C)c2n1. The molecule has 0 saturated carbocycles. The fraction of sp³-hybridized carbons (Fsp3) is 0.357. The molecule has 0 aliphatic rings. The number of nitrogens with zero attached hydrogens (tertiary/aromatic N) is 4. The zero-order valence-electron chi connectivity index (χ0n) is 20.4. The van der Waals surface area contributed by atoms with Gasteiger partial charge in [0.15, 0.2) is 5.58 Å². The van der Waals surface area contributed by atoms with E-state index in [1.54, 1.807) is 6.33 Å². The summed E-state index contributed by atoms with van der Waals surface area (Å²) in [7, 11) is 0.